The average Bonchev–Trinajstić information content (AvgIpc) is 2.77. The summed E-state index contributed by atoms with van der Waals surface area (Å²) in [4.78, 5) is 6.14. The monoisotopic (exact) mass is 253 g/mol. The Kier molecular flexibility index (Phi) is 3.13. The summed E-state index contributed by atoms with van der Waals surface area (Å²) in [5, 5.41) is 1.99. The minimum atomic E-state index is -0.240. The topological polar surface area (TPSA) is 12.5 Å². The maximum absolute atomic E-state index is 6.14. The Morgan fingerprint density at radius 3 is 2.21 bits per heavy atom. The Hall–Kier alpha value is -1.64. The van der Waals surface area contributed by atoms with Crippen molar-refractivity contribution in [1.29, 1.82) is 0 Å². The molecule has 1 aliphatic rings. The van der Waals surface area contributed by atoms with Gasteiger partial charge in [0.05, 0.1) is 6.04 Å². The highest BCUT2D eigenvalue weighted by atomic mass is 16.7. The quantitative estimate of drug-likeness (QED) is 0.804. The van der Waals surface area contributed by atoms with Gasteiger partial charge in [-0.2, -0.15) is 5.06 Å². The number of hydrogen-bond acceptors (Lipinski definition) is 2. The molecular formula is C17H19NO. The normalized spacial score (nSPS) is 27.6. The summed E-state index contributed by atoms with van der Waals surface area (Å²) in [7, 11) is 2.02. The molecule has 1 heterocycles. The van der Waals surface area contributed by atoms with E-state index in [-0.39, 0.29) is 5.60 Å². The van der Waals surface area contributed by atoms with Gasteiger partial charge in [-0.15, -0.1) is 0 Å². The number of nitrogens with zero attached hydrogens (tertiary/aromatic N) is 1. The van der Waals surface area contributed by atoms with Gasteiger partial charge in [0, 0.05) is 13.5 Å². The standard InChI is InChI=1S/C17H19NO/c1-17(15-11-7-4-8-12-15)13-16(18(2)19-17)14-9-5-3-6-10-14/h3-12,16H,13H2,1-2H3/t16-,17-/m0/s1. The SMILES string of the molecule is CN1O[C@](C)(c2ccccc2)C[C@H]1c1ccccc1. The minimum Gasteiger partial charge on any atom is -0.288 e. The zero-order valence-corrected chi connectivity index (χ0v) is 11.4. The van der Waals surface area contributed by atoms with Crippen LogP contribution in [0.4, 0.5) is 0 Å². The molecule has 2 atom stereocenters. The van der Waals surface area contributed by atoms with Crippen molar-refractivity contribution in [3.8, 4) is 0 Å². The van der Waals surface area contributed by atoms with E-state index in [1.54, 1.807) is 0 Å². The molecule has 3 rings (SSSR count). The molecule has 2 nitrogen and oxygen atoms in total. The largest absolute Gasteiger partial charge is 0.288 e. The Labute approximate surface area is 114 Å². The number of benzene rings is 2. The van der Waals surface area contributed by atoms with Gasteiger partial charge in [0.1, 0.15) is 5.60 Å². The second kappa shape index (κ2) is 4.80. The molecule has 0 aliphatic carbocycles. The number of hydroxylamine groups is 2. The van der Waals surface area contributed by atoms with E-state index in [4.69, 9.17) is 4.84 Å². The Balaban J connectivity index is 1.90. The predicted octanol–water partition coefficient (Wildman–Crippen LogP) is 3.91. The van der Waals surface area contributed by atoms with Crippen LogP contribution in [0.15, 0.2) is 60.7 Å². The van der Waals surface area contributed by atoms with Crippen LogP contribution >= 0.6 is 0 Å². The molecule has 0 saturated carbocycles. The van der Waals surface area contributed by atoms with Crippen LogP contribution in [0.5, 0.6) is 0 Å². The van der Waals surface area contributed by atoms with E-state index in [2.05, 4.69) is 61.5 Å². The second-order valence-corrected chi connectivity index (χ2v) is 5.36. The van der Waals surface area contributed by atoms with Crippen LogP contribution in [-0.2, 0) is 10.4 Å². The second-order valence-electron chi connectivity index (χ2n) is 5.36. The van der Waals surface area contributed by atoms with Gasteiger partial charge in [-0.25, -0.2) is 0 Å². The lowest BCUT2D eigenvalue weighted by Crippen LogP contribution is -2.23. The van der Waals surface area contributed by atoms with Crippen LogP contribution in [0.1, 0.15) is 30.5 Å². The molecule has 0 unspecified atom stereocenters. The Bertz CT molecular complexity index is 540. The molecule has 2 aromatic carbocycles. The molecular weight excluding hydrogens is 234 g/mol. The fraction of sp³-hybridized carbons (Fsp3) is 0.294. The highest BCUT2D eigenvalue weighted by molar-refractivity contribution is 5.26. The Morgan fingerprint density at radius 2 is 1.58 bits per heavy atom. The van der Waals surface area contributed by atoms with Gasteiger partial charge in [-0.1, -0.05) is 60.7 Å². The maximum atomic E-state index is 6.14. The average molecular weight is 253 g/mol. The molecule has 1 fully saturated rings. The first-order valence-electron chi connectivity index (χ1n) is 6.71. The van der Waals surface area contributed by atoms with E-state index < -0.39 is 0 Å². The van der Waals surface area contributed by atoms with Gasteiger partial charge in [-0.05, 0) is 18.1 Å². The lowest BCUT2D eigenvalue weighted by Gasteiger charge is -2.23. The summed E-state index contributed by atoms with van der Waals surface area (Å²) < 4.78 is 0. The summed E-state index contributed by atoms with van der Waals surface area (Å²) in [5.74, 6) is 0. The zero-order chi connectivity index (χ0) is 13.3. The molecule has 1 saturated heterocycles. The van der Waals surface area contributed by atoms with Gasteiger partial charge in [0.2, 0.25) is 0 Å². The first kappa shape index (κ1) is 12.4. The molecule has 2 aromatic rings. The van der Waals surface area contributed by atoms with Crippen LogP contribution in [0, 0.1) is 0 Å². The van der Waals surface area contributed by atoms with Gasteiger partial charge >= 0.3 is 0 Å². The van der Waals surface area contributed by atoms with Crippen molar-refractivity contribution in [2.24, 2.45) is 0 Å². The number of hydrogen-bond donors (Lipinski definition) is 0. The third-order valence-corrected chi connectivity index (χ3v) is 3.94. The fourth-order valence-corrected chi connectivity index (χ4v) is 2.88. The van der Waals surface area contributed by atoms with Crippen molar-refractivity contribution < 1.29 is 4.84 Å². The smallest absolute Gasteiger partial charge is 0.114 e. The van der Waals surface area contributed by atoms with Crippen LogP contribution in [0.3, 0.4) is 0 Å². The highest BCUT2D eigenvalue weighted by Gasteiger charge is 2.42. The van der Waals surface area contributed by atoms with Crippen molar-refractivity contribution in [2.45, 2.75) is 25.0 Å². The van der Waals surface area contributed by atoms with E-state index in [0.29, 0.717) is 6.04 Å². The molecule has 0 aromatic heterocycles. The molecule has 0 bridgehead atoms. The Morgan fingerprint density at radius 1 is 1.00 bits per heavy atom. The van der Waals surface area contributed by atoms with Crippen LogP contribution < -0.4 is 0 Å². The van der Waals surface area contributed by atoms with Gasteiger partial charge in [0.25, 0.3) is 0 Å². The van der Waals surface area contributed by atoms with Crippen molar-refractivity contribution in [3.05, 3.63) is 71.8 Å². The summed E-state index contributed by atoms with van der Waals surface area (Å²) in [5.41, 5.74) is 2.31. The van der Waals surface area contributed by atoms with Crippen LogP contribution in [0.2, 0.25) is 0 Å². The van der Waals surface area contributed by atoms with E-state index >= 15 is 0 Å². The van der Waals surface area contributed by atoms with E-state index in [9.17, 15) is 0 Å². The summed E-state index contributed by atoms with van der Waals surface area (Å²) in [6.07, 6.45) is 0.970. The minimum absolute atomic E-state index is 0.240. The molecule has 1 aliphatic heterocycles. The van der Waals surface area contributed by atoms with E-state index in [0.717, 1.165) is 6.42 Å². The predicted molar refractivity (Wildman–Crippen MR) is 76.4 cm³/mol. The fourth-order valence-electron chi connectivity index (χ4n) is 2.88. The third kappa shape index (κ3) is 2.29. The summed E-state index contributed by atoms with van der Waals surface area (Å²) in [6, 6.07) is 21.3. The van der Waals surface area contributed by atoms with E-state index in [1.165, 1.54) is 11.1 Å². The zero-order valence-electron chi connectivity index (χ0n) is 11.4. The first-order chi connectivity index (χ1) is 9.19. The van der Waals surface area contributed by atoms with Gasteiger partial charge < -0.3 is 0 Å². The third-order valence-electron chi connectivity index (χ3n) is 3.94. The van der Waals surface area contributed by atoms with Gasteiger partial charge in [0.15, 0.2) is 0 Å². The molecule has 0 spiro atoms. The van der Waals surface area contributed by atoms with Crippen molar-refractivity contribution in [1.82, 2.24) is 5.06 Å². The molecule has 19 heavy (non-hydrogen) atoms. The van der Waals surface area contributed by atoms with E-state index in [1.807, 2.05) is 18.2 Å². The van der Waals surface area contributed by atoms with Crippen LogP contribution in [-0.4, -0.2) is 12.1 Å². The van der Waals surface area contributed by atoms with Crippen molar-refractivity contribution in [2.75, 3.05) is 7.05 Å². The van der Waals surface area contributed by atoms with Crippen molar-refractivity contribution in [3.63, 3.8) is 0 Å². The van der Waals surface area contributed by atoms with Gasteiger partial charge in [-0.3, -0.25) is 4.84 Å². The maximum Gasteiger partial charge on any atom is 0.114 e. The molecule has 2 heteroatoms. The first-order valence-corrected chi connectivity index (χ1v) is 6.71. The molecule has 98 valence electrons. The summed E-state index contributed by atoms with van der Waals surface area (Å²) in [6.45, 7) is 2.17. The lowest BCUT2D eigenvalue weighted by atomic mass is 9.88. The highest BCUT2D eigenvalue weighted by Crippen LogP contribution is 2.44. The lowest BCUT2D eigenvalue weighted by molar-refractivity contribution is -0.188. The van der Waals surface area contributed by atoms with Crippen molar-refractivity contribution >= 4 is 0 Å². The van der Waals surface area contributed by atoms with Crippen LogP contribution in [0.25, 0.3) is 0 Å². The number of rotatable bonds is 2. The molecule has 0 N–H and O–H groups in total. The molecule has 0 amide bonds. The summed E-state index contributed by atoms with van der Waals surface area (Å²) >= 11 is 0. The molecule has 0 radical (unpaired) electrons.